The Hall–Kier alpha value is -1.31. The van der Waals surface area contributed by atoms with Gasteiger partial charge in [0.25, 0.3) is 0 Å². The Labute approximate surface area is 151 Å². The van der Waals surface area contributed by atoms with Gasteiger partial charge in [0.1, 0.15) is 0 Å². The van der Waals surface area contributed by atoms with Crippen LogP contribution in [0.2, 0.25) is 0 Å². The molecule has 0 fully saturated rings. The Morgan fingerprint density at radius 2 is 1.84 bits per heavy atom. The Morgan fingerprint density at radius 1 is 1.16 bits per heavy atom. The van der Waals surface area contributed by atoms with Crippen molar-refractivity contribution >= 4 is 10.0 Å². The van der Waals surface area contributed by atoms with Crippen molar-refractivity contribution in [2.24, 2.45) is 0 Å². The van der Waals surface area contributed by atoms with Crippen molar-refractivity contribution in [3.8, 4) is 11.5 Å². The molecule has 0 saturated heterocycles. The van der Waals surface area contributed by atoms with Crippen LogP contribution >= 0.6 is 0 Å². The molecule has 0 aromatic heterocycles. The minimum absolute atomic E-state index is 0.101. The second kappa shape index (κ2) is 9.40. The molecule has 6 nitrogen and oxygen atoms in total. The fourth-order valence-corrected chi connectivity index (χ4v) is 4.26. The molecule has 1 aromatic carbocycles. The molecule has 0 aliphatic carbocycles. The monoisotopic (exact) mass is 371 g/mol. The molecule has 25 heavy (non-hydrogen) atoms. The third-order valence-corrected chi connectivity index (χ3v) is 6.14. The first-order valence-corrected chi connectivity index (χ1v) is 10.7. The summed E-state index contributed by atoms with van der Waals surface area (Å²) in [7, 11) is -3.56. The lowest BCUT2D eigenvalue weighted by Crippen LogP contribution is -3.11. The summed E-state index contributed by atoms with van der Waals surface area (Å²) in [6, 6.07) is 4.69. The molecule has 2 rings (SSSR count). The zero-order valence-electron chi connectivity index (χ0n) is 15.5. The van der Waals surface area contributed by atoms with Crippen LogP contribution in [0.3, 0.4) is 0 Å². The number of quaternary nitrogens is 1. The minimum Gasteiger partial charge on any atom is -0.490 e. The highest BCUT2D eigenvalue weighted by molar-refractivity contribution is 7.89. The van der Waals surface area contributed by atoms with Crippen LogP contribution < -0.4 is 19.1 Å². The van der Waals surface area contributed by atoms with E-state index in [2.05, 4.69) is 18.6 Å². The van der Waals surface area contributed by atoms with Crippen LogP contribution in [0.25, 0.3) is 0 Å². The molecule has 1 aliphatic rings. The average Bonchev–Trinajstić information content (AvgIpc) is 2.83. The van der Waals surface area contributed by atoms with E-state index in [4.69, 9.17) is 9.47 Å². The van der Waals surface area contributed by atoms with Crippen molar-refractivity contribution in [2.45, 2.75) is 51.0 Å². The zero-order valence-corrected chi connectivity index (χ0v) is 16.3. The number of hydrogen-bond donors (Lipinski definition) is 2. The van der Waals surface area contributed by atoms with Crippen LogP contribution in [0.4, 0.5) is 0 Å². The lowest BCUT2D eigenvalue weighted by Gasteiger charge is -2.18. The number of hydrogen-bond acceptors (Lipinski definition) is 4. The van der Waals surface area contributed by atoms with Crippen molar-refractivity contribution < 1.29 is 22.8 Å². The third kappa shape index (κ3) is 5.87. The van der Waals surface area contributed by atoms with Crippen molar-refractivity contribution in [1.82, 2.24) is 4.72 Å². The number of benzene rings is 1. The van der Waals surface area contributed by atoms with Crippen LogP contribution in [0, 0.1) is 0 Å². The molecular weight excluding hydrogens is 340 g/mol. The molecule has 0 amide bonds. The first-order valence-electron chi connectivity index (χ1n) is 9.21. The van der Waals surface area contributed by atoms with Gasteiger partial charge in [-0.2, -0.15) is 0 Å². The van der Waals surface area contributed by atoms with E-state index in [0.717, 1.165) is 38.9 Å². The van der Waals surface area contributed by atoms with Crippen molar-refractivity contribution in [3.63, 3.8) is 0 Å². The van der Waals surface area contributed by atoms with Gasteiger partial charge in [0.2, 0.25) is 10.0 Å². The van der Waals surface area contributed by atoms with E-state index in [0.29, 0.717) is 24.7 Å². The third-order valence-electron chi connectivity index (χ3n) is 4.55. The van der Waals surface area contributed by atoms with Crippen molar-refractivity contribution in [1.29, 1.82) is 0 Å². The summed E-state index contributed by atoms with van der Waals surface area (Å²) in [5.74, 6) is 1.10. The van der Waals surface area contributed by atoms with E-state index in [1.807, 2.05) is 6.92 Å². The molecule has 1 aliphatic heterocycles. The van der Waals surface area contributed by atoms with Gasteiger partial charge in [0, 0.05) is 18.5 Å². The smallest absolute Gasteiger partial charge is 0.240 e. The standard InChI is InChI=1S/C18H30N2O4S/c1-4-20(5-2)11-6-8-15(3)19-25(21,22)16-9-10-17-18(14-16)24-13-7-12-23-17/h9-10,14-15,19H,4-8,11-13H2,1-3H3/p+1/t15-/m1/s1. The minimum atomic E-state index is -3.56. The van der Waals surface area contributed by atoms with E-state index < -0.39 is 10.0 Å². The summed E-state index contributed by atoms with van der Waals surface area (Å²) in [6.45, 7) is 10.7. The van der Waals surface area contributed by atoms with Gasteiger partial charge in [-0.3, -0.25) is 0 Å². The number of nitrogens with one attached hydrogen (secondary N) is 2. The van der Waals surface area contributed by atoms with Crippen LogP contribution in [-0.4, -0.2) is 47.3 Å². The molecule has 0 saturated carbocycles. The fraction of sp³-hybridized carbons (Fsp3) is 0.667. The highest BCUT2D eigenvalue weighted by Gasteiger charge is 2.21. The average molecular weight is 372 g/mol. The van der Waals surface area contributed by atoms with E-state index >= 15 is 0 Å². The molecule has 0 bridgehead atoms. The zero-order chi connectivity index (χ0) is 18.3. The first kappa shape index (κ1) is 20.0. The van der Waals surface area contributed by atoms with Gasteiger partial charge in [-0.15, -0.1) is 0 Å². The van der Waals surface area contributed by atoms with Crippen molar-refractivity contribution in [3.05, 3.63) is 18.2 Å². The quantitative estimate of drug-likeness (QED) is 0.685. The second-order valence-electron chi connectivity index (χ2n) is 6.53. The highest BCUT2D eigenvalue weighted by Crippen LogP contribution is 2.31. The summed E-state index contributed by atoms with van der Waals surface area (Å²) >= 11 is 0. The summed E-state index contributed by atoms with van der Waals surface area (Å²) < 4.78 is 39.1. The maximum absolute atomic E-state index is 12.6. The fourth-order valence-electron chi connectivity index (χ4n) is 2.96. The predicted molar refractivity (Wildman–Crippen MR) is 98.0 cm³/mol. The van der Waals surface area contributed by atoms with Crippen LogP contribution in [0.5, 0.6) is 11.5 Å². The lowest BCUT2D eigenvalue weighted by atomic mass is 10.2. The largest absolute Gasteiger partial charge is 0.490 e. The first-order chi connectivity index (χ1) is 12.0. The number of rotatable bonds is 9. The molecular formula is C18H31N2O4S+. The van der Waals surface area contributed by atoms with E-state index in [9.17, 15) is 8.42 Å². The maximum atomic E-state index is 12.6. The van der Waals surface area contributed by atoms with E-state index in [1.165, 1.54) is 4.90 Å². The topological polar surface area (TPSA) is 69.1 Å². The Balaban J connectivity index is 1.95. The van der Waals surface area contributed by atoms with E-state index in [-0.39, 0.29) is 10.9 Å². The van der Waals surface area contributed by atoms with Gasteiger partial charge < -0.3 is 14.4 Å². The van der Waals surface area contributed by atoms with Crippen LogP contribution in [0.15, 0.2) is 23.1 Å². The number of sulfonamides is 1. The molecule has 1 aromatic rings. The van der Waals surface area contributed by atoms with Crippen LogP contribution in [-0.2, 0) is 10.0 Å². The van der Waals surface area contributed by atoms with Gasteiger partial charge in [-0.1, -0.05) is 0 Å². The molecule has 7 heteroatoms. The molecule has 1 atom stereocenters. The molecule has 0 spiro atoms. The normalized spacial score (nSPS) is 15.8. The molecule has 142 valence electrons. The van der Waals surface area contributed by atoms with Gasteiger partial charge in [0.05, 0.1) is 37.7 Å². The molecule has 0 radical (unpaired) electrons. The predicted octanol–water partition coefficient (Wildman–Crippen LogP) is 1.22. The lowest BCUT2D eigenvalue weighted by molar-refractivity contribution is -0.896. The Morgan fingerprint density at radius 3 is 2.52 bits per heavy atom. The van der Waals surface area contributed by atoms with Gasteiger partial charge in [-0.05, 0) is 45.7 Å². The van der Waals surface area contributed by atoms with Gasteiger partial charge in [-0.25, -0.2) is 13.1 Å². The second-order valence-corrected chi connectivity index (χ2v) is 8.24. The molecule has 1 heterocycles. The van der Waals surface area contributed by atoms with Crippen LogP contribution in [0.1, 0.15) is 40.0 Å². The summed E-state index contributed by atoms with van der Waals surface area (Å²) in [5, 5.41) is 0. The summed E-state index contributed by atoms with van der Waals surface area (Å²) in [5.41, 5.74) is 0. The Bertz CT molecular complexity index is 644. The molecule has 0 unspecified atom stereocenters. The number of fused-ring (bicyclic) bond motifs is 1. The Kier molecular flexibility index (Phi) is 7.53. The van der Waals surface area contributed by atoms with E-state index in [1.54, 1.807) is 18.2 Å². The van der Waals surface area contributed by atoms with Gasteiger partial charge in [0.15, 0.2) is 11.5 Å². The SMILES string of the molecule is CC[NH+](CC)CCC[C@@H](C)NS(=O)(=O)c1ccc2c(c1)OCCCO2. The maximum Gasteiger partial charge on any atom is 0.240 e. The highest BCUT2D eigenvalue weighted by atomic mass is 32.2. The van der Waals surface area contributed by atoms with Crippen molar-refractivity contribution in [2.75, 3.05) is 32.8 Å². The summed E-state index contributed by atoms with van der Waals surface area (Å²) in [6.07, 6.45) is 2.62. The molecule has 2 N–H and O–H groups in total. The summed E-state index contributed by atoms with van der Waals surface area (Å²) in [4.78, 5) is 1.76. The van der Waals surface area contributed by atoms with Gasteiger partial charge >= 0.3 is 0 Å². The number of ether oxygens (including phenoxy) is 2.